The number of rotatable bonds is 2. The van der Waals surface area contributed by atoms with Crippen LogP contribution in [0.2, 0.25) is 0 Å². The molecule has 0 aliphatic carbocycles. The van der Waals surface area contributed by atoms with Crippen molar-refractivity contribution in [2.75, 3.05) is 0 Å². The van der Waals surface area contributed by atoms with Gasteiger partial charge in [-0.2, -0.15) is 0 Å². The summed E-state index contributed by atoms with van der Waals surface area (Å²) in [6.45, 7) is 0. The van der Waals surface area contributed by atoms with Crippen LogP contribution in [0, 0.1) is 0 Å². The van der Waals surface area contributed by atoms with E-state index in [4.69, 9.17) is 4.42 Å². The van der Waals surface area contributed by atoms with E-state index in [1.807, 2.05) is 0 Å². The van der Waals surface area contributed by atoms with Crippen LogP contribution in [0.15, 0.2) is 137 Å². The summed E-state index contributed by atoms with van der Waals surface area (Å²) in [5, 5.41) is 13.3. The van der Waals surface area contributed by atoms with E-state index < -0.39 is 0 Å². The van der Waals surface area contributed by atoms with Gasteiger partial charge >= 0.3 is 0 Å². The summed E-state index contributed by atoms with van der Waals surface area (Å²) >= 11 is 1.79. The first-order valence-electron chi connectivity index (χ1n) is 13.6. The van der Waals surface area contributed by atoms with Crippen LogP contribution < -0.4 is 0 Å². The third-order valence-corrected chi connectivity index (χ3v) is 9.27. The zero-order valence-corrected chi connectivity index (χ0v) is 22.3. The summed E-state index contributed by atoms with van der Waals surface area (Å²) in [5.41, 5.74) is 6.87. The van der Waals surface area contributed by atoms with Gasteiger partial charge in [0.2, 0.25) is 0 Å². The van der Waals surface area contributed by atoms with Gasteiger partial charge in [0, 0.05) is 26.6 Å². The molecule has 0 bridgehead atoms. The molecule has 9 aromatic rings. The molecule has 0 aliphatic rings. The maximum atomic E-state index is 6.69. The van der Waals surface area contributed by atoms with Crippen molar-refractivity contribution in [2.45, 2.75) is 0 Å². The monoisotopic (exact) mass is 526 g/mol. The maximum absolute atomic E-state index is 6.69. The Balaban J connectivity index is 1.52. The lowest BCUT2D eigenvalue weighted by Gasteiger charge is -2.19. The number of thiophene rings is 1. The summed E-state index contributed by atoms with van der Waals surface area (Å²) in [6, 6.07) is 46.1. The molecule has 0 fully saturated rings. The van der Waals surface area contributed by atoms with E-state index in [1.54, 1.807) is 11.3 Å². The molecule has 186 valence electrons. The first-order chi connectivity index (χ1) is 19.9. The third-order valence-electron chi connectivity index (χ3n) is 8.32. The normalized spacial score (nSPS) is 12.0. The minimum absolute atomic E-state index is 0.928. The van der Waals surface area contributed by atoms with E-state index in [1.165, 1.54) is 70.0 Å². The molecular weight excluding hydrogens is 504 g/mol. The molecule has 2 heteroatoms. The zero-order valence-electron chi connectivity index (χ0n) is 21.5. The van der Waals surface area contributed by atoms with Gasteiger partial charge in [-0.3, -0.25) is 0 Å². The Labute approximate surface area is 234 Å². The number of furan rings is 1. The van der Waals surface area contributed by atoms with Gasteiger partial charge in [-0.15, -0.1) is 11.3 Å². The summed E-state index contributed by atoms with van der Waals surface area (Å²) in [6.07, 6.45) is 0. The van der Waals surface area contributed by atoms with E-state index in [0.717, 1.165) is 16.6 Å². The number of hydrogen-bond acceptors (Lipinski definition) is 2. The van der Waals surface area contributed by atoms with Crippen LogP contribution in [0.4, 0.5) is 0 Å². The fraction of sp³-hybridized carbons (Fsp3) is 0. The Kier molecular flexibility index (Phi) is 4.55. The highest BCUT2D eigenvalue weighted by molar-refractivity contribution is 7.18. The first-order valence-corrected chi connectivity index (χ1v) is 14.5. The van der Waals surface area contributed by atoms with Gasteiger partial charge in [0.1, 0.15) is 11.2 Å². The Bertz CT molecular complexity index is 2380. The minimum atomic E-state index is 0.928. The molecule has 0 unspecified atom stereocenters. The Hall–Kier alpha value is -4.92. The topological polar surface area (TPSA) is 13.1 Å². The van der Waals surface area contributed by atoms with Crippen LogP contribution in [-0.4, -0.2) is 0 Å². The van der Waals surface area contributed by atoms with Crippen molar-refractivity contribution in [3.8, 4) is 22.3 Å². The summed E-state index contributed by atoms with van der Waals surface area (Å²) in [5.74, 6) is 0. The van der Waals surface area contributed by atoms with Gasteiger partial charge in [-0.25, -0.2) is 0 Å². The molecule has 2 heterocycles. The van der Waals surface area contributed by atoms with Crippen molar-refractivity contribution in [3.63, 3.8) is 0 Å². The van der Waals surface area contributed by atoms with Gasteiger partial charge in [-0.05, 0) is 72.4 Å². The zero-order chi connectivity index (χ0) is 26.2. The molecule has 0 spiro atoms. The molecule has 0 saturated heterocycles. The van der Waals surface area contributed by atoms with Crippen LogP contribution in [-0.2, 0) is 0 Å². The van der Waals surface area contributed by atoms with Crippen LogP contribution in [0.1, 0.15) is 0 Å². The van der Waals surface area contributed by atoms with Gasteiger partial charge in [-0.1, -0.05) is 109 Å². The molecule has 1 nitrogen and oxygen atoms in total. The van der Waals surface area contributed by atoms with Crippen molar-refractivity contribution in [3.05, 3.63) is 133 Å². The van der Waals surface area contributed by atoms with Crippen molar-refractivity contribution in [1.29, 1.82) is 0 Å². The molecule has 9 rings (SSSR count). The van der Waals surface area contributed by atoms with E-state index in [-0.39, 0.29) is 0 Å². The lowest BCUT2D eigenvalue weighted by molar-refractivity contribution is 0.670. The second kappa shape index (κ2) is 8.29. The van der Waals surface area contributed by atoms with E-state index in [9.17, 15) is 0 Å². The molecule has 0 radical (unpaired) electrons. The predicted octanol–water partition coefficient (Wildman–Crippen LogP) is 11.6. The molecule has 0 N–H and O–H groups in total. The largest absolute Gasteiger partial charge is 0.455 e. The Morgan fingerprint density at radius 3 is 1.77 bits per heavy atom. The van der Waals surface area contributed by atoms with E-state index >= 15 is 0 Å². The van der Waals surface area contributed by atoms with Crippen LogP contribution in [0.5, 0.6) is 0 Å². The maximum Gasteiger partial charge on any atom is 0.144 e. The van der Waals surface area contributed by atoms with Crippen LogP contribution in [0.25, 0.3) is 86.6 Å². The van der Waals surface area contributed by atoms with Crippen molar-refractivity contribution in [2.24, 2.45) is 0 Å². The molecule has 7 aromatic carbocycles. The van der Waals surface area contributed by atoms with Gasteiger partial charge in [0.15, 0.2) is 0 Å². The summed E-state index contributed by atoms with van der Waals surface area (Å²) in [4.78, 5) is 0. The molecule has 0 atom stereocenters. The second-order valence-electron chi connectivity index (χ2n) is 10.4. The summed E-state index contributed by atoms with van der Waals surface area (Å²) in [7, 11) is 0. The fourth-order valence-corrected chi connectivity index (χ4v) is 7.57. The predicted molar refractivity (Wildman–Crippen MR) is 172 cm³/mol. The molecule has 40 heavy (non-hydrogen) atoms. The molecular formula is C38H22OS. The molecule has 2 aromatic heterocycles. The fourth-order valence-electron chi connectivity index (χ4n) is 6.65. The Morgan fingerprint density at radius 1 is 0.425 bits per heavy atom. The smallest absolute Gasteiger partial charge is 0.144 e. The lowest BCUT2D eigenvalue weighted by atomic mass is 9.84. The molecule has 0 amide bonds. The highest BCUT2D eigenvalue weighted by Gasteiger charge is 2.23. The number of benzene rings is 7. The first kappa shape index (κ1) is 22.0. The van der Waals surface area contributed by atoms with Crippen LogP contribution >= 0.6 is 11.3 Å². The minimum Gasteiger partial charge on any atom is -0.455 e. The second-order valence-corrected chi connectivity index (χ2v) is 11.3. The van der Waals surface area contributed by atoms with E-state index in [2.05, 4.69) is 133 Å². The Morgan fingerprint density at radius 2 is 1.02 bits per heavy atom. The standard InChI is InChI=1S/C38H22OS/c1-2-12-25-23(10-1)11-9-18-27(25)34-28-14-3-5-16-30(28)35(31-17-6-4-15-29(31)34)36-37-32(22-24-20-21-40-38(24)36)26-13-7-8-19-33(26)39-37/h1-22H. The third kappa shape index (κ3) is 2.97. The van der Waals surface area contributed by atoms with Gasteiger partial charge in [0.05, 0.1) is 0 Å². The highest BCUT2D eigenvalue weighted by atomic mass is 32.1. The van der Waals surface area contributed by atoms with Gasteiger partial charge in [0.25, 0.3) is 0 Å². The highest BCUT2D eigenvalue weighted by Crippen LogP contribution is 2.50. The molecule has 0 aliphatic heterocycles. The SMILES string of the molecule is c1ccc2c(-c3c4ccccc4c(-c4c5oc6ccccc6c5cc5ccsc45)c4ccccc34)cccc2c1. The number of hydrogen-bond donors (Lipinski definition) is 0. The number of para-hydroxylation sites is 1. The van der Waals surface area contributed by atoms with Gasteiger partial charge < -0.3 is 4.42 Å². The van der Waals surface area contributed by atoms with Crippen LogP contribution in [0.3, 0.4) is 0 Å². The van der Waals surface area contributed by atoms with Crippen molar-refractivity contribution >= 4 is 75.7 Å². The average Bonchev–Trinajstić information content (AvgIpc) is 3.63. The van der Waals surface area contributed by atoms with Crippen molar-refractivity contribution < 1.29 is 4.42 Å². The summed E-state index contributed by atoms with van der Waals surface area (Å²) < 4.78 is 7.96. The quantitative estimate of drug-likeness (QED) is 0.204. The number of fused-ring (bicyclic) bond motifs is 7. The average molecular weight is 527 g/mol. The molecule has 0 saturated carbocycles. The van der Waals surface area contributed by atoms with Crippen molar-refractivity contribution in [1.82, 2.24) is 0 Å². The lowest BCUT2D eigenvalue weighted by Crippen LogP contribution is -1.92. The van der Waals surface area contributed by atoms with E-state index in [0.29, 0.717) is 0 Å².